The predicted octanol–water partition coefficient (Wildman–Crippen LogP) is 3.55. The van der Waals surface area contributed by atoms with Crippen molar-refractivity contribution < 1.29 is 14.0 Å². The van der Waals surface area contributed by atoms with Gasteiger partial charge in [0.15, 0.2) is 5.78 Å². The summed E-state index contributed by atoms with van der Waals surface area (Å²) in [6.07, 6.45) is 2.24. The molecule has 1 saturated heterocycles. The third-order valence-corrected chi connectivity index (χ3v) is 6.89. The van der Waals surface area contributed by atoms with E-state index in [1.807, 2.05) is 39.2 Å². The summed E-state index contributed by atoms with van der Waals surface area (Å²) in [4.78, 5) is 27.2. The van der Waals surface area contributed by atoms with Crippen LogP contribution < -0.4 is 15.5 Å². The second-order valence-corrected chi connectivity index (χ2v) is 8.73. The van der Waals surface area contributed by atoms with E-state index in [2.05, 4.69) is 15.5 Å². The fourth-order valence-corrected chi connectivity index (χ4v) is 5.39. The minimum atomic E-state index is -0.925. The van der Waals surface area contributed by atoms with E-state index in [-0.39, 0.29) is 24.3 Å². The van der Waals surface area contributed by atoms with E-state index in [4.69, 9.17) is 0 Å². The number of hydrogen-bond acceptors (Lipinski definition) is 5. The van der Waals surface area contributed by atoms with Gasteiger partial charge in [-0.05, 0) is 51.8 Å². The summed E-state index contributed by atoms with van der Waals surface area (Å²) < 4.78 is 14.5. The summed E-state index contributed by atoms with van der Waals surface area (Å²) in [6.45, 7) is 9.88. The Labute approximate surface area is 176 Å². The minimum Gasteiger partial charge on any atom is -0.357 e. The molecule has 2 N–H and O–H groups in total. The van der Waals surface area contributed by atoms with E-state index in [1.54, 1.807) is 0 Å². The predicted molar refractivity (Wildman–Crippen MR) is 117 cm³/mol. The van der Waals surface area contributed by atoms with Gasteiger partial charge in [0, 0.05) is 37.0 Å². The van der Waals surface area contributed by atoms with Gasteiger partial charge in [-0.1, -0.05) is 11.6 Å². The Balaban J connectivity index is 1.73. The number of hydrogen-bond donors (Lipinski definition) is 2. The lowest BCUT2D eigenvalue weighted by Crippen LogP contribution is -2.51. The Bertz CT molecular complexity index is 858. The van der Waals surface area contributed by atoms with Crippen molar-refractivity contribution in [3.8, 4) is 0 Å². The molecule has 1 aromatic heterocycles. The summed E-state index contributed by atoms with van der Waals surface area (Å²) in [5.74, 6) is -0.120. The summed E-state index contributed by atoms with van der Waals surface area (Å²) >= 11 is 1.49. The number of carbonyl (C=O) groups excluding carboxylic acids is 2. The molecule has 1 aliphatic carbocycles. The Morgan fingerprint density at radius 3 is 2.79 bits per heavy atom. The molecule has 2 aliphatic rings. The number of allylic oxidation sites excluding steroid dienone is 3. The van der Waals surface area contributed by atoms with Crippen LogP contribution in [0.5, 0.6) is 0 Å². The molecule has 1 aliphatic heterocycles. The summed E-state index contributed by atoms with van der Waals surface area (Å²) in [5, 5.41) is 8.79. The Kier molecular flexibility index (Phi) is 6.90. The van der Waals surface area contributed by atoms with Gasteiger partial charge < -0.3 is 15.5 Å². The quantitative estimate of drug-likeness (QED) is 0.740. The van der Waals surface area contributed by atoms with E-state index < -0.39 is 6.17 Å². The van der Waals surface area contributed by atoms with Crippen molar-refractivity contribution in [2.45, 2.75) is 52.8 Å². The average molecular weight is 420 g/mol. The van der Waals surface area contributed by atoms with Crippen molar-refractivity contribution in [1.82, 2.24) is 10.6 Å². The first kappa shape index (κ1) is 21.7. The maximum Gasteiger partial charge on any atom is 0.252 e. The number of thiophene rings is 1. The molecule has 0 spiro atoms. The monoisotopic (exact) mass is 419 g/mol. The topological polar surface area (TPSA) is 61.4 Å². The Hall–Kier alpha value is -1.99. The van der Waals surface area contributed by atoms with Crippen LogP contribution in [0.1, 0.15) is 49.5 Å². The standard InChI is InChI=1S/C22H30FN3O2S/c1-5-26(19-6-7-24-11-18(19)23)22-15(4)17(12-29-22)21(28)25-10-16-14(3)8-13(2)9-20(16)27/h8,12,18-19,24H,5-7,9-11H2,1-4H3,(H,25,28). The van der Waals surface area contributed by atoms with Crippen molar-refractivity contribution in [3.63, 3.8) is 0 Å². The molecule has 29 heavy (non-hydrogen) atoms. The first-order chi connectivity index (χ1) is 13.8. The lowest BCUT2D eigenvalue weighted by molar-refractivity contribution is -0.115. The highest BCUT2D eigenvalue weighted by molar-refractivity contribution is 7.14. The molecule has 7 heteroatoms. The molecule has 1 amide bonds. The first-order valence-corrected chi connectivity index (χ1v) is 11.1. The molecule has 1 fully saturated rings. The van der Waals surface area contributed by atoms with Crippen molar-refractivity contribution in [2.75, 3.05) is 31.1 Å². The fourth-order valence-electron chi connectivity index (χ4n) is 4.19. The second-order valence-electron chi connectivity index (χ2n) is 7.88. The van der Waals surface area contributed by atoms with Crippen molar-refractivity contribution in [1.29, 1.82) is 0 Å². The van der Waals surface area contributed by atoms with E-state index in [0.29, 0.717) is 30.6 Å². The van der Waals surface area contributed by atoms with E-state index in [9.17, 15) is 14.0 Å². The van der Waals surface area contributed by atoms with Crippen LogP contribution in [-0.2, 0) is 4.79 Å². The second kappa shape index (κ2) is 9.22. The van der Waals surface area contributed by atoms with Crippen LogP contribution in [0.15, 0.2) is 28.2 Å². The van der Waals surface area contributed by atoms with Crippen molar-refractivity contribution in [3.05, 3.63) is 39.3 Å². The van der Waals surface area contributed by atoms with Crippen LogP contribution >= 0.6 is 11.3 Å². The molecule has 5 nitrogen and oxygen atoms in total. The zero-order chi connectivity index (χ0) is 21.1. The summed E-state index contributed by atoms with van der Waals surface area (Å²) in [5.41, 5.74) is 4.10. The molecule has 3 rings (SSSR count). The molecule has 0 radical (unpaired) electrons. The van der Waals surface area contributed by atoms with Gasteiger partial charge in [0.2, 0.25) is 0 Å². The highest BCUT2D eigenvalue weighted by atomic mass is 32.1. The van der Waals surface area contributed by atoms with Gasteiger partial charge in [-0.25, -0.2) is 4.39 Å². The molecular formula is C22H30FN3O2S. The molecule has 2 unspecified atom stereocenters. The summed E-state index contributed by atoms with van der Waals surface area (Å²) in [7, 11) is 0. The van der Waals surface area contributed by atoms with E-state index >= 15 is 0 Å². The molecule has 1 aromatic rings. The smallest absolute Gasteiger partial charge is 0.252 e. The van der Waals surface area contributed by atoms with Gasteiger partial charge in [0.05, 0.1) is 16.6 Å². The number of carbonyl (C=O) groups is 2. The van der Waals surface area contributed by atoms with E-state index in [1.165, 1.54) is 11.3 Å². The Morgan fingerprint density at radius 2 is 2.14 bits per heavy atom. The molecule has 0 saturated carbocycles. The average Bonchev–Trinajstić information content (AvgIpc) is 3.04. The van der Waals surface area contributed by atoms with Gasteiger partial charge in [0.25, 0.3) is 5.91 Å². The van der Waals surface area contributed by atoms with E-state index in [0.717, 1.165) is 34.7 Å². The number of piperidine rings is 1. The largest absolute Gasteiger partial charge is 0.357 e. The number of nitrogens with one attached hydrogen (secondary N) is 2. The number of rotatable bonds is 6. The van der Waals surface area contributed by atoms with Crippen LogP contribution in [0.2, 0.25) is 0 Å². The maximum atomic E-state index is 14.5. The molecule has 2 atom stereocenters. The normalized spacial score (nSPS) is 22.5. The SMILES string of the molecule is CCN(c1scc(C(=O)NCC2=C(C)C=C(C)CC2=O)c1C)C1CCNCC1F. The highest BCUT2D eigenvalue weighted by Crippen LogP contribution is 2.34. The minimum absolute atomic E-state index is 0.0718. The first-order valence-electron chi connectivity index (χ1n) is 10.2. The van der Waals surface area contributed by atoms with Crippen LogP contribution in [0, 0.1) is 6.92 Å². The van der Waals surface area contributed by atoms with Crippen LogP contribution in [0.3, 0.4) is 0 Å². The third-order valence-electron chi connectivity index (χ3n) is 5.77. The molecule has 0 bridgehead atoms. The number of anilines is 1. The number of Topliss-reactive ketones (excluding diaryl/α,β-unsaturated/α-hetero) is 1. The summed E-state index contributed by atoms with van der Waals surface area (Å²) in [6, 6.07) is -0.169. The number of nitrogens with zero attached hydrogens (tertiary/aromatic N) is 1. The lowest BCUT2D eigenvalue weighted by Gasteiger charge is -2.37. The highest BCUT2D eigenvalue weighted by Gasteiger charge is 2.31. The number of amides is 1. The van der Waals surface area contributed by atoms with Crippen LogP contribution in [0.4, 0.5) is 9.39 Å². The van der Waals surface area contributed by atoms with Crippen LogP contribution in [0.25, 0.3) is 0 Å². The van der Waals surface area contributed by atoms with Crippen molar-refractivity contribution in [2.24, 2.45) is 0 Å². The lowest BCUT2D eigenvalue weighted by atomic mass is 9.92. The zero-order valence-electron chi connectivity index (χ0n) is 17.6. The number of halogens is 1. The molecule has 2 heterocycles. The number of alkyl halides is 1. The van der Waals surface area contributed by atoms with Crippen molar-refractivity contribution >= 4 is 28.0 Å². The molecule has 0 aromatic carbocycles. The molecule has 158 valence electrons. The third kappa shape index (κ3) is 4.61. The zero-order valence-corrected chi connectivity index (χ0v) is 18.4. The maximum absolute atomic E-state index is 14.5. The van der Waals surface area contributed by atoms with Crippen LogP contribution in [-0.4, -0.2) is 50.1 Å². The van der Waals surface area contributed by atoms with Gasteiger partial charge in [0.1, 0.15) is 6.17 Å². The fraction of sp³-hybridized carbons (Fsp3) is 0.545. The van der Waals surface area contributed by atoms with Gasteiger partial charge >= 0.3 is 0 Å². The number of ketones is 1. The van der Waals surface area contributed by atoms with Gasteiger partial charge in [-0.2, -0.15) is 0 Å². The van der Waals surface area contributed by atoms with Gasteiger partial charge in [-0.3, -0.25) is 9.59 Å². The molecular weight excluding hydrogens is 389 g/mol. The van der Waals surface area contributed by atoms with Gasteiger partial charge in [-0.15, -0.1) is 11.3 Å². The Morgan fingerprint density at radius 1 is 1.38 bits per heavy atom.